The first-order chi connectivity index (χ1) is 13.0. The fourth-order valence-corrected chi connectivity index (χ4v) is 4.01. The normalized spacial score (nSPS) is 11.7. The Balaban J connectivity index is 1.94. The van der Waals surface area contributed by atoms with Gasteiger partial charge in [0.25, 0.3) is 0 Å². The molecule has 27 heavy (non-hydrogen) atoms. The number of benzene rings is 2. The summed E-state index contributed by atoms with van der Waals surface area (Å²) in [6, 6.07) is 19.2. The van der Waals surface area contributed by atoms with Gasteiger partial charge in [0.05, 0.1) is 5.56 Å². The maximum absolute atomic E-state index is 6.30. The van der Waals surface area contributed by atoms with Crippen LogP contribution in [0.5, 0.6) is 0 Å². The number of rotatable bonds is 1. The minimum absolute atomic E-state index is 0.708. The van der Waals surface area contributed by atoms with Crippen molar-refractivity contribution in [3.05, 3.63) is 71.4 Å². The van der Waals surface area contributed by atoms with Gasteiger partial charge in [0, 0.05) is 34.0 Å². The molecular weight excluding hydrogens is 332 g/mol. The number of aryl methyl sites for hydroxylation is 3. The van der Waals surface area contributed by atoms with E-state index in [-0.39, 0.29) is 0 Å². The summed E-state index contributed by atoms with van der Waals surface area (Å²) in [5, 5.41) is 3.43. The summed E-state index contributed by atoms with van der Waals surface area (Å²) < 4.78 is 8.55. The van der Waals surface area contributed by atoms with Crippen LogP contribution in [0.3, 0.4) is 0 Å². The molecule has 0 amide bonds. The lowest BCUT2D eigenvalue weighted by Gasteiger charge is -2.09. The first-order valence-corrected chi connectivity index (χ1v) is 9.23. The Labute approximate surface area is 157 Å². The van der Waals surface area contributed by atoms with Crippen LogP contribution in [0.25, 0.3) is 44.2 Å². The molecule has 132 valence electrons. The SMILES string of the molecule is Cc1ccc2c(n1)oc1c(-c3ccc4ccccc4[n+]3C)c(C)c(C)cc12. The third kappa shape index (κ3) is 2.28. The van der Waals surface area contributed by atoms with Crippen molar-refractivity contribution in [2.75, 3.05) is 0 Å². The molecule has 0 aliphatic heterocycles. The van der Waals surface area contributed by atoms with Crippen LogP contribution in [0.4, 0.5) is 0 Å². The molecule has 0 aliphatic rings. The van der Waals surface area contributed by atoms with E-state index in [0.29, 0.717) is 5.71 Å². The van der Waals surface area contributed by atoms with Gasteiger partial charge in [-0.05, 0) is 62.2 Å². The van der Waals surface area contributed by atoms with Crippen LogP contribution in [0.2, 0.25) is 0 Å². The molecule has 0 aliphatic carbocycles. The highest BCUT2D eigenvalue weighted by Crippen LogP contribution is 2.38. The van der Waals surface area contributed by atoms with Gasteiger partial charge in [-0.15, -0.1) is 0 Å². The van der Waals surface area contributed by atoms with Crippen molar-refractivity contribution in [2.45, 2.75) is 20.8 Å². The average Bonchev–Trinajstić information content (AvgIpc) is 3.01. The van der Waals surface area contributed by atoms with Crippen LogP contribution in [-0.2, 0) is 7.05 Å². The van der Waals surface area contributed by atoms with Crippen LogP contribution < -0.4 is 4.57 Å². The molecule has 0 N–H and O–H groups in total. The van der Waals surface area contributed by atoms with Gasteiger partial charge in [-0.2, -0.15) is 4.57 Å². The lowest BCUT2D eigenvalue weighted by atomic mass is 9.96. The van der Waals surface area contributed by atoms with Gasteiger partial charge in [-0.1, -0.05) is 12.1 Å². The second-order valence-electron chi connectivity index (χ2n) is 7.31. The number of nitrogens with zero attached hydrogens (tertiary/aromatic N) is 2. The summed E-state index contributed by atoms with van der Waals surface area (Å²) in [5.41, 5.74) is 8.58. The van der Waals surface area contributed by atoms with E-state index >= 15 is 0 Å². The second-order valence-corrected chi connectivity index (χ2v) is 7.31. The topological polar surface area (TPSA) is 29.9 Å². The molecule has 0 saturated carbocycles. The summed E-state index contributed by atoms with van der Waals surface area (Å²) in [5.74, 6) is 0. The molecule has 0 atom stereocenters. The van der Waals surface area contributed by atoms with E-state index in [0.717, 1.165) is 33.3 Å². The van der Waals surface area contributed by atoms with Crippen LogP contribution in [-0.4, -0.2) is 4.98 Å². The van der Waals surface area contributed by atoms with Gasteiger partial charge >= 0.3 is 0 Å². The van der Waals surface area contributed by atoms with E-state index in [9.17, 15) is 0 Å². The van der Waals surface area contributed by atoms with Crippen LogP contribution in [0.15, 0.2) is 59.0 Å². The number of pyridine rings is 2. The van der Waals surface area contributed by atoms with Crippen molar-refractivity contribution >= 4 is 33.0 Å². The van der Waals surface area contributed by atoms with E-state index in [1.54, 1.807) is 0 Å². The van der Waals surface area contributed by atoms with E-state index in [1.807, 2.05) is 13.0 Å². The Morgan fingerprint density at radius 3 is 2.56 bits per heavy atom. The maximum atomic E-state index is 6.30. The third-order valence-electron chi connectivity index (χ3n) is 5.62. The van der Waals surface area contributed by atoms with Crippen LogP contribution in [0.1, 0.15) is 16.8 Å². The van der Waals surface area contributed by atoms with E-state index in [4.69, 9.17) is 4.42 Å². The second kappa shape index (κ2) is 5.65. The molecule has 0 saturated heterocycles. The number of furan rings is 1. The quantitative estimate of drug-likeness (QED) is 0.370. The molecular formula is C24H21N2O+. The Morgan fingerprint density at radius 1 is 0.889 bits per heavy atom. The molecule has 0 fully saturated rings. The average molecular weight is 353 g/mol. The van der Waals surface area contributed by atoms with E-state index < -0.39 is 0 Å². The number of hydrogen-bond donors (Lipinski definition) is 0. The van der Waals surface area contributed by atoms with Gasteiger partial charge in [-0.25, -0.2) is 4.98 Å². The maximum Gasteiger partial charge on any atom is 0.227 e. The van der Waals surface area contributed by atoms with Crippen molar-refractivity contribution in [1.29, 1.82) is 0 Å². The van der Waals surface area contributed by atoms with E-state index in [2.05, 4.69) is 79.0 Å². The van der Waals surface area contributed by atoms with E-state index in [1.165, 1.54) is 22.0 Å². The van der Waals surface area contributed by atoms with Crippen molar-refractivity contribution in [3.8, 4) is 11.3 Å². The van der Waals surface area contributed by atoms with Gasteiger partial charge in [-0.3, -0.25) is 0 Å². The highest BCUT2D eigenvalue weighted by Gasteiger charge is 2.23. The van der Waals surface area contributed by atoms with Gasteiger partial charge < -0.3 is 4.42 Å². The Kier molecular flexibility index (Phi) is 3.35. The Morgan fingerprint density at radius 2 is 1.70 bits per heavy atom. The zero-order valence-corrected chi connectivity index (χ0v) is 16.0. The van der Waals surface area contributed by atoms with Gasteiger partial charge in [0.2, 0.25) is 16.9 Å². The predicted octanol–water partition coefficient (Wildman–Crippen LogP) is 5.55. The zero-order chi connectivity index (χ0) is 18.7. The molecule has 0 radical (unpaired) electrons. The van der Waals surface area contributed by atoms with Crippen molar-refractivity contribution in [3.63, 3.8) is 0 Å². The monoisotopic (exact) mass is 353 g/mol. The van der Waals surface area contributed by atoms with Gasteiger partial charge in [0.1, 0.15) is 7.05 Å². The first kappa shape index (κ1) is 16.0. The molecule has 5 aromatic rings. The molecule has 0 spiro atoms. The summed E-state index contributed by atoms with van der Waals surface area (Å²) in [4.78, 5) is 4.61. The molecule has 0 bridgehead atoms. The summed E-state index contributed by atoms with van der Waals surface area (Å²) in [6.45, 7) is 6.33. The smallest absolute Gasteiger partial charge is 0.227 e. The zero-order valence-electron chi connectivity index (χ0n) is 16.0. The highest BCUT2D eigenvalue weighted by molar-refractivity contribution is 6.09. The number of fused-ring (bicyclic) bond motifs is 4. The number of para-hydroxylation sites is 1. The molecule has 3 aromatic heterocycles. The number of hydrogen-bond acceptors (Lipinski definition) is 2. The minimum atomic E-state index is 0.708. The lowest BCUT2D eigenvalue weighted by Crippen LogP contribution is -2.32. The van der Waals surface area contributed by atoms with Crippen LogP contribution in [0, 0.1) is 20.8 Å². The van der Waals surface area contributed by atoms with Crippen molar-refractivity contribution in [1.82, 2.24) is 4.98 Å². The molecule has 2 aromatic carbocycles. The van der Waals surface area contributed by atoms with Crippen LogP contribution >= 0.6 is 0 Å². The summed E-state index contributed by atoms with van der Waals surface area (Å²) >= 11 is 0. The third-order valence-corrected chi connectivity index (χ3v) is 5.62. The van der Waals surface area contributed by atoms with Crippen molar-refractivity contribution in [2.24, 2.45) is 7.05 Å². The molecule has 5 rings (SSSR count). The van der Waals surface area contributed by atoms with Gasteiger partial charge in [0.15, 0.2) is 5.58 Å². The fourth-order valence-electron chi connectivity index (χ4n) is 4.01. The Bertz CT molecular complexity index is 1360. The first-order valence-electron chi connectivity index (χ1n) is 9.23. The molecule has 0 unspecified atom stereocenters. The molecule has 3 heteroatoms. The minimum Gasteiger partial charge on any atom is -0.437 e. The number of aromatic nitrogens is 2. The molecule has 3 nitrogen and oxygen atoms in total. The lowest BCUT2D eigenvalue weighted by molar-refractivity contribution is -0.633. The largest absolute Gasteiger partial charge is 0.437 e. The Hall–Kier alpha value is -3.20. The standard InChI is InChI=1S/C24H21N2O/c1-14-13-19-18-11-9-15(2)25-24(18)27-23(19)22(16(14)3)21-12-10-17-7-5-6-8-20(17)26(21)4/h5-13H,1-4H3/q+1. The highest BCUT2D eigenvalue weighted by atomic mass is 16.3. The summed E-state index contributed by atoms with van der Waals surface area (Å²) in [6.07, 6.45) is 0. The predicted molar refractivity (Wildman–Crippen MR) is 110 cm³/mol. The molecule has 3 heterocycles. The summed E-state index contributed by atoms with van der Waals surface area (Å²) in [7, 11) is 2.12. The van der Waals surface area contributed by atoms with Crippen molar-refractivity contribution < 1.29 is 8.98 Å². The fraction of sp³-hybridized carbons (Fsp3) is 0.167.